The minimum absolute atomic E-state index is 0.448. The number of hydrogen-bond acceptors (Lipinski definition) is 0. The molecule has 3 unspecified atom stereocenters. The lowest BCUT2D eigenvalue weighted by Gasteiger charge is -2.35. The van der Waals surface area contributed by atoms with Gasteiger partial charge in [0.25, 0.3) is 0 Å². The highest BCUT2D eigenvalue weighted by molar-refractivity contribution is 4.85. The summed E-state index contributed by atoms with van der Waals surface area (Å²) in [4.78, 5) is 0. The van der Waals surface area contributed by atoms with Crippen LogP contribution in [0.4, 0.5) is 0 Å². The van der Waals surface area contributed by atoms with Crippen molar-refractivity contribution in [2.75, 3.05) is 0 Å². The fourth-order valence-corrected chi connectivity index (χ4v) is 1.98. The van der Waals surface area contributed by atoms with E-state index in [0.29, 0.717) is 11.3 Å². The van der Waals surface area contributed by atoms with Gasteiger partial charge in [-0.05, 0) is 19.3 Å². The molecule has 0 aromatic heterocycles. The third-order valence-corrected chi connectivity index (χ3v) is 3.65. The molecule has 0 saturated heterocycles. The van der Waals surface area contributed by atoms with Gasteiger partial charge in [-0.3, -0.25) is 0 Å². The van der Waals surface area contributed by atoms with E-state index in [1.807, 2.05) is 0 Å². The standard InChI is InChI=1S/C12H25/c1-7-9-12(6,10(3)4)11(5)8-2/h10-11H,3,7-9H2,1-2,4-6H3/q+1. The van der Waals surface area contributed by atoms with Crippen LogP contribution < -0.4 is 0 Å². The van der Waals surface area contributed by atoms with Crippen LogP contribution in [0.1, 0.15) is 53.9 Å². The van der Waals surface area contributed by atoms with Crippen molar-refractivity contribution in [2.45, 2.75) is 53.9 Å². The van der Waals surface area contributed by atoms with E-state index in [1.165, 1.54) is 19.3 Å². The van der Waals surface area contributed by atoms with Crippen molar-refractivity contribution in [1.29, 1.82) is 0 Å². The van der Waals surface area contributed by atoms with Crippen molar-refractivity contribution in [1.82, 2.24) is 0 Å². The normalized spacial score (nSPS) is 21.4. The Morgan fingerprint density at radius 1 is 1.25 bits per heavy atom. The first-order valence-corrected chi connectivity index (χ1v) is 5.32. The molecule has 0 nitrogen and oxygen atoms in total. The highest BCUT2D eigenvalue weighted by atomic mass is 14.4. The molecule has 0 fully saturated rings. The Kier molecular flexibility index (Phi) is 4.74. The smallest absolute Gasteiger partial charge is 0.0654 e. The van der Waals surface area contributed by atoms with E-state index in [9.17, 15) is 0 Å². The van der Waals surface area contributed by atoms with Crippen molar-refractivity contribution < 1.29 is 0 Å². The molecule has 12 heavy (non-hydrogen) atoms. The molecule has 0 heteroatoms. The lowest BCUT2D eigenvalue weighted by atomic mass is 9.66. The topological polar surface area (TPSA) is 0 Å². The molecule has 0 heterocycles. The largest absolute Gasteiger partial charge is 0.0980 e. The summed E-state index contributed by atoms with van der Waals surface area (Å²) in [5, 5.41) is 0. The van der Waals surface area contributed by atoms with Crippen LogP contribution in [0.15, 0.2) is 0 Å². The Morgan fingerprint density at radius 2 is 1.75 bits per heavy atom. The van der Waals surface area contributed by atoms with Crippen LogP contribution in [-0.2, 0) is 0 Å². The first-order valence-electron chi connectivity index (χ1n) is 5.32. The zero-order valence-electron chi connectivity index (χ0n) is 9.48. The van der Waals surface area contributed by atoms with Crippen LogP contribution in [0.3, 0.4) is 0 Å². The van der Waals surface area contributed by atoms with Gasteiger partial charge in [0.2, 0.25) is 0 Å². The maximum Gasteiger partial charge on any atom is 0.0980 e. The van der Waals surface area contributed by atoms with Gasteiger partial charge in [0.05, 0.1) is 12.8 Å². The summed E-state index contributed by atoms with van der Waals surface area (Å²) in [6.45, 7) is 15.7. The number of rotatable bonds is 5. The molecule has 0 N–H and O–H groups in total. The van der Waals surface area contributed by atoms with E-state index in [4.69, 9.17) is 0 Å². The summed E-state index contributed by atoms with van der Waals surface area (Å²) >= 11 is 0. The van der Waals surface area contributed by atoms with Gasteiger partial charge in [-0.25, -0.2) is 0 Å². The Hall–Kier alpha value is -0.130. The zero-order valence-corrected chi connectivity index (χ0v) is 9.48. The number of hydrogen-bond donors (Lipinski definition) is 0. The molecule has 0 spiro atoms. The van der Waals surface area contributed by atoms with Crippen LogP contribution in [0.5, 0.6) is 0 Å². The summed E-state index contributed by atoms with van der Waals surface area (Å²) < 4.78 is 0. The van der Waals surface area contributed by atoms with E-state index in [-0.39, 0.29) is 0 Å². The Morgan fingerprint density at radius 3 is 2.00 bits per heavy atom. The average Bonchev–Trinajstić information content (AvgIpc) is 2.03. The Labute approximate surface area is 78.8 Å². The zero-order chi connectivity index (χ0) is 9.78. The lowest BCUT2D eigenvalue weighted by Crippen LogP contribution is -2.30. The second-order valence-corrected chi connectivity index (χ2v) is 4.47. The van der Waals surface area contributed by atoms with Crippen molar-refractivity contribution in [3.05, 3.63) is 6.92 Å². The van der Waals surface area contributed by atoms with Crippen molar-refractivity contribution in [3.8, 4) is 0 Å². The van der Waals surface area contributed by atoms with Gasteiger partial charge < -0.3 is 0 Å². The summed E-state index contributed by atoms with van der Waals surface area (Å²) in [5.74, 6) is 1.36. The van der Waals surface area contributed by atoms with E-state index in [0.717, 1.165) is 5.92 Å². The summed E-state index contributed by atoms with van der Waals surface area (Å²) in [5.41, 5.74) is 0.448. The van der Waals surface area contributed by atoms with E-state index in [1.54, 1.807) is 0 Å². The van der Waals surface area contributed by atoms with E-state index < -0.39 is 0 Å². The SMILES string of the molecule is [CH2+]C(C)C(C)(CCC)C(C)CC. The Balaban J connectivity index is 4.37. The molecule has 0 amide bonds. The molecule has 0 saturated carbocycles. The molecule has 3 atom stereocenters. The molecule has 0 radical (unpaired) electrons. The van der Waals surface area contributed by atoms with Gasteiger partial charge in [-0.2, -0.15) is 0 Å². The quantitative estimate of drug-likeness (QED) is 0.538. The highest BCUT2D eigenvalue weighted by Crippen LogP contribution is 2.41. The highest BCUT2D eigenvalue weighted by Gasteiger charge is 2.36. The van der Waals surface area contributed by atoms with Gasteiger partial charge in [-0.1, -0.05) is 40.5 Å². The molecule has 0 aliphatic carbocycles. The third kappa shape index (κ3) is 2.43. The maximum atomic E-state index is 4.20. The monoisotopic (exact) mass is 169 g/mol. The fraction of sp³-hybridized carbons (Fsp3) is 0.917. The predicted octanol–water partition coefficient (Wildman–Crippen LogP) is 4.31. The molecule has 0 aromatic carbocycles. The van der Waals surface area contributed by atoms with Gasteiger partial charge in [0, 0.05) is 5.41 Å². The molecule has 0 bridgehead atoms. The minimum atomic E-state index is 0.448. The second kappa shape index (κ2) is 4.79. The van der Waals surface area contributed by atoms with Crippen LogP contribution in [0, 0.1) is 24.2 Å². The lowest BCUT2D eigenvalue weighted by molar-refractivity contribution is 0.122. The molecular formula is C12H25+. The van der Waals surface area contributed by atoms with Crippen molar-refractivity contribution in [3.63, 3.8) is 0 Å². The molecule has 72 valence electrons. The average molecular weight is 169 g/mol. The molecule has 0 rings (SSSR count). The molecule has 0 aromatic rings. The third-order valence-electron chi connectivity index (χ3n) is 3.65. The van der Waals surface area contributed by atoms with Crippen LogP contribution >= 0.6 is 0 Å². The summed E-state index contributed by atoms with van der Waals surface area (Å²) in [7, 11) is 0. The van der Waals surface area contributed by atoms with Gasteiger partial charge in [0.1, 0.15) is 0 Å². The Bertz CT molecular complexity index is 115. The van der Waals surface area contributed by atoms with Crippen LogP contribution in [0.2, 0.25) is 0 Å². The van der Waals surface area contributed by atoms with Crippen molar-refractivity contribution >= 4 is 0 Å². The van der Waals surface area contributed by atoms with Crippen LogP contribution in [-0.4, -0.2) is 0 Å². The van der Waals surface area contributed by atoms with Gasteiger partial charge >= 0.3 is 0 Å². The first kappa shape index (κ1) is 11.9. The molecule has 0 aliphatic rings. The minimum Gasteiger partial charge on any atom is -0.0654 e. The fourth-order valence-electron chi connectivity index (χ4n) is 1.98. The van der Waals surface area contributed by atoms with E-state index in [2.05, 4.69) is 41.5 Å². The summed E-state index contributed by atoms with van der Waals surface area (Å²) in [6, 6.07) is 0. The van der Waals surface area contributed by atoms with Crippen molar-refractivity contribution in [2.24, 2.45) is 17.3 Å². The summed E-state index contributed by atoms with van der Waals surface area (Å²) in [6.07, 6.45) is 3.86. The van der Waals surface area contributed by atoms with E-state index >= 15 is 0 Å². The molecular weight excluding hydrogens is 144 g/mol. The first-order chi connectivity index (χ1) is 5.49. The van der Waals surface area contributed by atoms with Gasteiger partial charge in [0.15, 0.2) is 0 Å². The van der Waals surface area contributed by atoms with Gasteiger partial charge in [-0.15, -0.1) is 0 Å². The predicted molar refractivity (Wildman–Crippen MR) is 57.0 cm³/mol. The second-order valence-electron chi connectivity index (χ2n) is 4.47. The van der Waals surface area contributed by atoms with Crippen LogP contribution in [0.25, 0.3) is 0 Å². The maximum absolute atomic E-state index is 4.20. The molecule has 0 aliphatic heterocycles.